The second kappa shape index (κ2) is 7.15. The summed E-state index contributed by atoms with van der Waals surface area (Å²) in [6.45, 7) is 2.02. The molecule has 0 aromatic heterocycles. The van der Waals surface area contributed by atoms with E-state index in [-0.39, 0.29) is 23.6 Å². The number of β-amino-alcohol motifs (C(OH)–C–C–N with tert-alkyl or cyclic N) is 1. The predicted octanol–water partition coefficient (Wildman–Crippen LogP) is 2.54. The van der Waals surface area contributed by atoms with Crippen LogP contribution in [0.3, 0.4) is 0 Å². The molecule has 1 aromatic carbocycles. The zero-order valence-corrected chi connectivity index (χ0v) is 13.9. The van der Waals surface area contributed by atoms with Crippen LogP contribution in [-0.4, -0.2) is 59.6 Å². The third-order valence-electron chi connectivity index (χ3n) is 5.28. The van der Waals surface area contributed by atoms with Gasteiger partial charge in [-0.2, -0.15) is 0 Å². The van der Waals surface area contributed by atoms with Crippen LogP contribution in [0.15, 0.2) is 24.3 Å². The van der Waals surface area contributed by atoms with Crippen LogP contribution in [0, 0.1) is 5.92 Å². The molecule has 0 unspecified atom stereocenters. The maximum Gasteiger partial charge on any atom is 0.263 e. The number of carbonyl (C=O) groups is 1. The highest BCUT2D eigenvalue weighted by molar-refractivity contribution is 5.94. The molecule has 2 fully saturated rings. The van der Waals surface area contributed by atoms with Crippen LogP contribution in [0.25, 0.3) is 0 Å². The van der Waals surface area contributed by atoms with Crippen molar-refractivity contribution in [3.05, 3.63) is 35.4 Å². The summed E-state index contributed by atoms with van der Waals surface area (Å²) in [4.78, 5) is 16.6. The number of likely N-dealkylation sites (tertiary alicyclic amines) is 1. The highest BCUT2D eigenvalue weighted by Gasteiger charge is 2.36. The number of alkyl halides is 2. The van der Waals surface area contributed by atoms with E-state index in [4.69, 9.17) is 0 Å². The Bertz CT molecular complexity index is 586. The summed E-state index contributed by atoms with van der Waals surface area (Å²) < 4.78 is 25.7. The molecule has 4 nitrogen and oxygen atoms in total. The van der Waals surface area contributed by atoms with Gasteiger partial charge in [-0.05, 0) is 30.9 Å². The largest absolute Gasteiger partial charge is 0.390 e. The molecule has 1 saturated carbocycles. The van der Waals surface area contributed by atoms with E-state index in [1.54, 1.807) is 18.0 Å². The summed E-state index contributed by atoms with van der Waals surface area (Å²) in [5.74, 6) is 0.241. The van der Waals surface area contributed by atoms with E-state index in [0.717, 1.165) is 19.4 Å². The number of halogens is 2. The van der Waals surface area contributed by atoms with Crippen molar-refractivity contribution in [2.75, 3.05) is 26.7 Å². The van der Waals surface area contributed by atoms with E-state index in [1.165, 1.54) is 24.6 Å². The van der Waals surface area contributed by atoms with Crippen molar-refractivity contribution in [3.63, 3.8) is 0 Å². The minimum absolute atomic E-state index is 0.0638. The molecule has 1 aliphatic heterocycles. The zero-order valence-electron chi connectivity index (χ0n) is 13.9. The minimum Gasteiger partial charge on any atom is -0.390 e. The van der Waals surface area contributed by atoms with E-state index in [9.17, 15) is 18.7 Å². The van der Waals surface area contributed by atoms with Gasteiger partial charge in [-0.3, -0.25) is 9.69 Å². The molecule has 3 rings (SSSR count). The second-order valence-corrected chi connectivity index (χ2v) is 6.97. The van der Waals surface area contributed by atoms with Crippen LogP contribution in [-0.2, 0) is 0 Å². The standard InChI is InChI=1S/C18H24F2N2O2/c1-21(18(24)14-7-3-6-13(8-14)17(19)20)16(12-4-2-5-12)11-22-9-15(23)10-22/h3,6-8,12,15-17,23H,2,4-5,9-11H2,1H3/t16-/m0/s1. The number of aliphatic hydroxyl groups excluding tert-OH is 1. The Balaban J connectivity index is 1.72. The zero-order chi connectivity index (χ0) is 17.3. The molecule has 1 heterocycles. The highest BCUT2D eigenvalue weighted by atomic mass is 19.3. The quantitative estimate of drug-likeness (QED) is 0.867. The van der Waals surface area contributed by atoms with Crippen molar-refractivity contribution >= 4 is 5.91 Å². The van der Waals surface area contributed by atoms with Crippen molar-refractivity contribution in [2.24, 2.45) is 5.92 Å². The van der Waals surface area contributed by atoms with Gasteiger partial charge in [0.1, 0.15) is 0 Å². The normalized spacial score (nSPS) is 20.5. The van der Waals surface area contributed by atoms with Crippen molar-refractivity contribution in [2.45, 2.75) is 37.8 Å². The first-order valence-electron chi connectivity index (χ1n) is 8.51. The summed E-state index contributed by atoms with van der Waals surface area (Å²) in [6.07, 6.45) is 0.516. The summed E-state index contributed by atoms with van der Waals surface area (Å²) >= 11 is 0. The molecular weight excluding hydrogens is 314 g/mol. The Labute approximate surface area is 141 Å². The van der Waals surface area contributed by atoms with Crippen molar-refractivity contribution in [1.82, 2.24) is 9.80 Å². The van der Waals surface area contributed by atoms with Crippen LogP contribution < -0.4 is 0 Å². The average Bonchev–Trinajstić information content (AvgIpc) is 2.49. The van der Waals surface area contributed by atoms with Gasteiger partial charge in [-0.25, -0.2) is 8.78 Å². The summed E-state index contributed by atoms with van der Waals surface area (Å²) in [5, 5.41) is 9.46. The number of aliphatic hydroxyl groups is 1. The van der Waals surface area contributed by atoms with Crippen molar-refractivity contribution in [3.8, 4) is 0 Å². The number of hydrogen-bond acceptors (Lipinski definition) is 3. The van der Waals surface area contributed by atoms with Gasteiger partial charge in [-0.15, -0.1) is 0 Å². The van der Waals surface area contributed by atoms with E-state index in [1.807, 2.05) is 0 Å². The molecule has 0 radical (unpaired) electrons. The molecule has 132 valence electrons. The first-order chi connectivity index (χ1) is 11.5. The Morgan fingerprint density at radius 2 is 2.08 bits per heavy atom. The maximum absolute atomic E-state index is 12.9. The van der Waals surface area contributed by atoms with Gasteiger partial charge in [0.05, 0.1) is 6.10 Å². The van der Waals surface area contributed by atoms with Crippen molar-refractivity contribution in [1.29, 1.82) is 0 Å². The summed E-state index contributed by atoms with van der Waals surface area (Å²) in [7, 11) is 1.76. The number of amides is 1. The highest BCUT2D eigenvalue weighted by Crippen LogP contribution is 2.33. The Kier molecular flexibility index (Phi) is 5.15. The number of hydrogen-bond donors (Lipinski definition) is 1. The smallest absolute Gasteiger partial charge is 0.263 e. The SMILES string of the molecule is CN(C(=O)c1cccc(C(F)F)c1)[C@@H](CN1CC(O)C1)C1CCC1. The van der Waals surface area contributed by atoms with Gasteiger partial charge >= 0.3 is 0 Å². The fraction of sp³-hybridized carbons (Fsp3) is 0.611. The molecule has 1 N–H and O–H groups in total. The predicted molar refractivity (Wildman–Crippen MR) is 87.1 cm³/mol. The van der Waals surface area contributed by atoms with Crippen LogP contribution >= 0.6 is 0 Å². The molecular formula is C18H24F2N2O2. The summed E-state index contributed by atoms with van der Waals surface area (Å²) in [6, 6.07) is 5.79. The molecule has 0 bridgehead atoms. The molecule has 0 spiro atoms. The maximum atomic E-state index is 12.9. The molecule has 24 heavy (non-hydrogen) atoms. The molecule has 1 atom stereocenters. The number of likely N-dealkylation sites (N-methyl/N-ethyl adjacent to an activating group) is 1. The Morgan fingerprint density at radius 1 is 1.38 bits per heavy atom. The summed E-state index contributed by atoms with van der Waals surface area (Å²) in [5.41, 5.74) is 0.184. The first kappa shape index (κ1) is 17.3. The Morgan fingerprint density at radius 3 is 2.62 bits per heavy atom. The van der Waals surface area contributed by atoms with Gasteiger partial charge in [0.25, 0.3) is 12.3 Å². The minimum atomic E-state index is -2.58. The molecule has 1 amide bonds. The van der Waals surface area contributed by atoms with Crippen LogP contribution in [0.2, 0.25) is 0 Å². The van der Waals surface area contributed by atoms with Crippen LogP contribution in [0.4, 0.5) is 8.78 Å². The average molecular weight is 338 g/mol. The van der Waals surface area contributed by atoms with E-state index in [0.29, 0.717) is 24.6 Å². The second-order valence-electron chi connectivity index (χ2n) is 6.97. The lowest BCUT2D eigenvalue weighted by molar-refractivity contribution is -0.0223. The molecule has 2 aliphatic rings. The van der Waals surface area contributed by atoms with Gasteiger partial charge < -0.3 is 10.0 Å². The monoisotopic (exact) mass is 338 g/mol. The van der Waals surface area contributed by atoms with E-state index >= 15 is 0 Å². The van der Waals surface area contributed by atoms with Crippen LogP contribution in [0.5, 0.6) is 0 Å². The lowest BCUT2D eigenvalue weighted by atomic mass is 9.78. The molecule has 1 aliphatic carbocycles. The van der Waals surface area contributed by atoms with Crippen molar-refractivity contribution < 1.29 is 18.7 Å². The Hall–Kier alpha value is -1.53. The molecule has 1 aromatic rings. The van der Waals surface area contributed by atoms with Gasteiger partial charge in [0.15, 0.2) is 0 Å². The number of benzene rings is 1. The molecule has 1 saturated heterocycles. The lowest BCUT2D eigenvalue weighted by Crippen LogP contribution is -2.58. The third-order valence-corrected chi connectivity index (χ3v) is 5.28. The van der Waals surface area contributed by atoms with Crippen LogP contribution in [0.1, 0.15) is 41.6 Å². The van der Waals surface area contributed by atoms with Gasteiger partial charge in [0, 0.05) is 43.9 Å². The van der Waals surface area contributed by atoms with Gasteiger partial charge in [-0.1, -0.05) is 18.6 Å². The van der Waals surface area contributed by atoms with Gasteiger partial charge in [0.2, 0.25) is 0 Å². The lowest BCUT2D eigenvalue weighted by Gasteiger charge is -2.45. The fourth-order valence-corrected chi connectivity index (χ4v) is 3.53. The topological polar surface area (TPSA) is 43.8 Å². The number of rotatable bonds is 6. The first-order valence-corrected chi connectivity index (χ1v) is 8.51. The van der Waals surface area contributed by atoms with E-state index < -0.39 is 6.43 Å². The molecule has 6 heteroatoms. The number of nitrogens with zero attached hydrogens (tertiary/aromatic N) is 2. The van der Waals surface area contributed by atoms with E-state index in [2.05, 4.69) is 4.90 Å². The fourth-order valence-electron chi connectivity index (χ4n) is 3.53. The number of carbonyl (C=O) groups excluding carboxylic acids is 1. The third kappa shape index (κ3) is 3.59.